The van der Waals surface area contributed by atoms with Gasteiger partial charge in [0.2, 0.25) is 0 Å². The van der Waals surface area contributed by atoms with Gasteiger partial charge in [-0.15, -0.1) is 0 Å². The molecule has 2 heteroatoms. The van der Waals surface area contributed by atoms with Crippen LogP contribution in [0.3, 0.4) is 0 Å². The van der Waals surface area contributed by atoms with E-state index in [2.05, 4.69) is 19.6 Å². The minimum Gasteiger partial charge on any atom is -0.793 e. The summed E-state index contributed by atoms with van der Waals surface area (Å²) in [6.07, 6.45) is 0. The molecule has 0 saturated carbocycles. The fourth-order valence-electron chi connectivity index (χ4n) is 0. The van der Waals surface area contributed by atoms with Gasteiger partial charge in [-0.2, -0.15) is 12.7 Å². The standard InChI is InChI=1S/C2H6S.C2H5.Y/c1-2-3;1-2;/h3H,2H2,1H3;1H2,2H3;/q;-1;+3/p-1. The molecule has 6 heavy (non-hydrogen) atoms. The summed E-state index contributed by atoms with van der Waals surface area (Å²) in [4.78, 5) is 0. The van der Waals surface area contributed by atoms with Crippen molar-refractivity contribution in [1.29, 1.82) is 0 Å². The average Bonchev–Trinajstić information content (AvgIpc) is 1.46. The van der Waals surface area contributed by atoms with Gasteiger partial charge in [0, 0.05) is 0 Å². The third-order valence-corrected chi connectivity index (χ3v) is 0. The molecule has 0 aliphatic rings. The zero-order valence-electron chi connectivity index (χ0n) is 4.40. The van der Waals surface area contributed by atoms with E-state index in [1.165, 1.54) is 0 Å². The van der Waals surface area contributed by atoms with Crippen molar-refractivity contribution in [3.63, 3.8) is 0 Å². The summed E-state index contributed by atoms with van der Waals surface area (Å²) in [5.41, 5.74) is 0. The molecule has 0 atom stereocenters. The zero-order chi connectivity index (χ0) is 4.71. The Balaban J connectivity index is -0.0000000275. The molecule has 0 aliphatic carbocycles. The second kappa shape index (κ2) is 31.9. The quantitative estimate of drug-likeness (QED) is 0.400. The molecule has 0 N–H and O–H groups in total. The van der Waals surface area contributed by atoms with Gasteiger partial charge in [0.25, 0.3) is 0 Å². The van der Waals surface area contributed by atoms with E-state index in [1.807, 2.05) is 6.92 Å². The predicted molar refractivity (Wildman–Crippen MR) is 28.9 cm³/mol. The molecule has 0 heterocycles. The Hall–Kier alpha value is 1.45. The molecule has 0 amide bonds. The Morgan fingerprint density at radius 2 is 1.50 bits per heavy atom. The molecule has 0 nitrogen and oxygen atoms in total. The molecule has 0 aromatic carbocycles. The summed E-state index contributed by atoms with van der Waals surface area (Å²) >= 11 is 4.39. The Kier molecular flexibility index (Phi) is 83.2. The van der Waals surface area contributed by atoms with Crippen LogP contribution < -0.4 is 0 Å². The molecule has 0 aromatic heterocycles. The maximum absolute atomic E-state index is 4.39. The van der Waals surface area contributed by atoms with Crippen LogP contribution in [0.15, 0.2) is 0 Å². The Morgan fingerprint density at radius 1 is 1.50 bits per heavy atom. The average molecular weight is 179 g/mol. The first kappa shape index (κ1) is 15.7. The number of hydrogen-bond acceptors (Lipinski definition) is 1. The van der Waals surface area contributed by atoms with Crippen LogP contribution in [0, 0.1) is 6.92 Å². The van der Waals surface area contributed by atoms with Crippen LogP contribution in [0.5, 0.6) is 0 Å². The van der Waals surface area contributed by atoms with Crippen LogP contribution >= 0.6 is 0 Å². The zero-order valence-corrected chi connectivity index (χ0v) is 8.05. The fraction of sp³-hybridized carbons (Fsp3) is 0.750. The van der Waals surface area contributed by atoms with Gasteiger partial charge in [0.1, 0.15) is 0 Å². The SMILES string of the molecule is CC[S-].[CH2-]C.[Y+3]. The second-order valence-electron chi connectivity index (χ2n) is 0.289. The molecule has 0 aromatic rings. The van der Waals surface area contributed by atoms with E-state index in [4.69, 9.17) is 0 Å². The number of rotatable bonds is 0. The molecule has 0 fully saturated rings. The minimum atomic E-state index is 0. The topological polar surface area (TPSA) is 0 Å². The summed E-state index contributed by atoms with van der Waals surface area (Å²) in [7, 11) is 0. The molecule has 0 bridgehead atoms. The molecular weight excluding hydrogens is 169 g/mol. The first-order valence-electron chi connectivity index (χ1n) is 1.70. The van der Waals surface area contributed by atoms with Crippen LogP contribution in [0.2, 0.25) is 0 Å². The van der Waals surface area contributed by atoms with Crippen molar-refractivity contribution < 1.29 is 32.7 Å². The van der Waals surface area contributed by atoms with Crippen LogP contribution in [0.1, 0.15) is 13.8 Å². The largest absolute Gasteiger partial charge is 3.00 e. The van der Waals surface area contributed by atoms with Gasteiger partial charge >= 0.3 is 32.7 Å². The molecular formula is C4H10SY+. The third-order valence-electron chi connectivity index (χ3n) is 0. The third kappa shape index (κ3) is 51.2. The van der Waals surface area contributed by atoms with E-state index >= 15 is 0 Å². The summed E-state index contributed by atoms with van der Waals surface area (Å²) in [6, 6.07) is 0. The Bertz CT molecular complexity index is 7.51. The van der Waals surface area contributed by atoms with Crippen molar-refractivity contribution in [2.24, 2.45) is 0 Å². The smallest absolute Gasteiger partial charge is 0.793 e. The van der Waals surface area contributed by atoms with Gasteiger partial charge in [-0.3, -0.25) is 0 Å². The molecule has 0 radical (unpaired) electrons. The van der Waals surface area contributed by atoms with Gasteiger partial charge in [0.15, 0.2) is 0 Å². The first-order chi connectivity index (χ1) is 2.41. The van der Waals surface area contributed by atoms with E-state index in [1.54, 1.807) is 6.92 Å². The summed E-state index contributed by atoms with van der Waals surface area (Å²) < 4.78 is 0. The molecule has 0 saturated heterocycles. The van der Waals surface area contributed by atoms with E-state index in [0.717, 1.165) is 5.75 Å². The molecule has 0 rings (SSSR count). The molecule has 0 unspecified atom stereocenters. The maximum Gasteiger partial charge on any atom is 3.00 e. The molecule has 0 aliphatic heterocycles. The predicted octanol–water partition coefficient (Wildman–Crippen LogP) is 1.39. The van der Waals surface area contributed by atoms with Crippen molar-refractivity contribution in [1.82, 2.24) is 0 Å². The van der Waals surface area contributed by atoms with E-state index in [0.29, 0.717) is 0 Å². The van der Waals surface area contributed by atoms with Crippen molar-refractivity contribution in [2.75, 3.05) is 5.75 Å². The molecule has 34 valence electrons. The van der Waals surface area contributed by atoms with Crippen molar-refractivity contribution in [2.45, 2.75) is 13.8 Å². The van der Waals surface area contributed by atoms with Crippen molar-refractivity contribution >= 4 is 12.6 Å². The fourth-order valence-corrected chi connectivity index (χ4v) is 0. The normalized spacial score (nSPS) is 4.00. The second-order valence-corrected chi connectivity index (χ2v) is 0.866. The van der Waals surface area contributed by atoms with Gasteiger partial charge < -0.3 is 19.6 Å². The summed E-state index contributed by atoms with van der Waals surface area (Å²) in [5, 5.41) is 0. The van der Waals surface area contributed by atoms with Crippen molar-refractivity contribution in [3.8, 4) is 0 Å². The Morgan fingerprint density at radius 3 is 1.50 bits per heavy atom. The van der Waals surface area contributed by atoms with Crippen LogP contribution in [0.25, 0.3) is 0 Å². The van der Waals surface area contributed by atoms with Crippen LogP contribution in [-0.4, -0.2) is 5.75 Å². The van der Waals surface area contributed by atoms with Gasteiger partial charge in [-0.25, -0.2) is 0 Å². The molecule has 0 spiro atoms. The van der Waals surface area contributed by atoms with Crippen LogP contribution in [-0.2, 0) is 45.3 Å². The monoisotopic (exact) mass is 179 g/mol. The maximum atomic E-state index is 4.39. The van der Waals surface area contributed by atoms with E-state index in [-0.39, 0.29) is 32.7 Å². The summed E-state index contributed by atoms with van der Waals surface area (Å²) in [5.74, 6) is 0.833. The van der Waals surface area contributed by atoms with E-state index in [9.17, 15) is 0 Å². The Labute approximate surface area is 71.4 Å². The van der Waals surface area contributed by atoms with Crippen molar-refractivity contribution in [3.05, 3.63) is 6.92 Å². The van der Waals surface area contributed by atoms with Crippen LogP contribution in [0.4, 0.5) is 0 Å². The van der Waals surface area contributed by atoms with Gasteiger partial charge in [-0.05, 0) is 0 Å². The van der Waals surface area contributed by atoms with E-state index < -0.39 is 0 Å². The van der Waals surface area contributed by atoms with Gasteiger partial charge in [-0.1, -0.05) is 6.92 Å². The number of hydrogen-bond donors (Lipinski definition) is 0. The van der Waals surface area contributed by atoms with Gasteiger partial charge in [0.05, 0.1) is 0 Å². The summed E-state index contributed by atoms with van der Waals surface area (Å²) in [6.45, 7) is 6.94. The first-order valence-corrected chi connectivity index (χ1v) is 2.28. The minimum absolute atomic E-state index is 0.